The van der Waals surface area contributed by atoms with Crippen LogP contribution in [0.1, 0.15) is 46.3 Å². The van der Waals surface area contributed by atoms with E-state index in [4.69, 9.17) is 5.11 Å². The first kappa shape index (κ1) is 18.4. The summed E-state index contributed by atoms with van der Waals surface area (Å²) in [6.07, 6.45) is 8.05. The number of aliphatic hydroxyl groups excluding tert-OH is 1. The van der Waals surface area contributed by atoms with Crippen LogP contribution in [0.25, 0.3) is 12.2 Å². The molecule has 0 saturated heterocycles. The molecule has 0 radical (unpaired) electrons. The Bertz CT molecular complexity index is 646. The molecule has 2 rings (SSSR count). The van der Waals surface area contributed by atoms with Gasteiger partial charge in [-0.25, -0.2) is 0 Å². The molecule has 0 saturated carbocycles. The lowest BCUT2D eigenvalue weighted by Crippen LogP contribution is -2.23. The topological polar surface area (TPSA) is 40.5 Å². The third-order valence-corrected chi connectivity index (χ3v) is 4.91. The Labute approximate surface area is 148 Å². The van der Waals surface area contributed by atoms with Gasteiger partial charge in [0, 0.05) is 30.3 Å². The first-order valence-corrected chi connectivity index (χ1v) is 9.27. The van der Waals surface area contributed by atoms with E-state index in [0.717, 1.165) is 54.0 Å². The molecule has 0 amide bonds. The highest BCUT2D eigenvalue weighted by Gasteiger charge is 2.03. The Hall–Kier alpha value is -1.91. The lowest BCUT2D eigenvalue weighted by Gasteiger charge is -2.23. The Morgan fingerprint density at radius 3 is 2.38 bits per heavy atom. The van der Waals surface area contributed by atoms with Crippen LogP contribution in [0.3, 0.4) is 0 Å². The van der Waals surface area contributed by atoms with Gasteiger partial charge in [0.25, 0.3) is 0 Å². The lowest BCUT2D eigenvalue weighted by atomic mass is 10.1. The van der Waals surface area contributed by atoms with Crippen molar-refractivity contribution in [2.24, 2.45) is 0 Å². The SMILES string of the molecule is CCN(CCCCCO)c1ccc(/C=C/c2ccc(C=O)s2)cc1. The van der Waals surface area contributed by atoms with Gasteiger partial charge in [-0.3, -0.25) is 4.79 Å². The Morgan fingerprint density at radius 1 is 1.00 bits per heavy atom. The fourth-order valence-corrected chi connectivity index (χ4v) is 3.29. The molecule has 0 fully saturated rings. The van der Waals surface area contributed by atoms with Gasteiger partial charge in [-0.1, -0.05) is 18.2 Å². The minimum atomic E-state index is 0.283. The zero-order valence-corrected chi connectivity index (χ0v) is 15.0. The quantitative estimate of drug-likeness (QED) is 0.501. The maximum Gasteiger partial charge on any atom is 0.160 e. The molecule has 128 valence electrons. The summed E-state index contributed by atoms with van der Waals surface area (Å²) in [4.78, 5) is 14.9. The molecule has 0 bridgehead atoms. The molecular weight excluding hydrogens is 318 g/mol. The predicted molar refractivity (Wildman–Crippen MR) is 104 cm³/mol. The average Bonchev–Trinajstić information content (AvgIpc) is 3.09. The summed E-state index contributed by atoms with van der Waals surface area (Å²) in [5, 5.41) is 8.85. The van der Waals surface area contributed by atoms with Crippen LogP contribution in [0.4, 0.5) is 5.69 Å². The van der Waals surface area contributed by atoms with E-state index >= 15 is 0 Å². The smallest absolute Gasteiger partial charge is 0.160 e. The second kappa shape index (κ2) is 10.1. The number of nitrogens with zero attached hydrogens (tertiary/aromatic N) is 1. The number of aliphatic hydroxyl groups is 1. The second-order valence-electron chi connectivity index (χ2n) is 5.65. The number of anilines is 1. The van der Waals surface area contributed by atoms with Crippen molar-refractivity contribution in [3.63, 3.8) is 0 Å². The molecule has 1 heterocycles. The van der Waals surface area contributed by atoms with Crippen LogP contribution >= 0.6 is 11.3 Å². The number of thiophene rings is 1. The maximum atomic E-state index is 10.7. The fraction of sp³-hybridized carbons (Fsp3) is 0.350. The van der Waals surface area contributed by atoms with Gasteiger partial charge < -0.3 is 10.0 Å². The van der Waals surface area contributed by atoms with Crippen molar-refractivity contribution >= 4 is 35.5 Å². The number of hydrogen-bond acceptors (Lipinski definition) is 4. The predicted octanol–water partition coefficient (Wildman–Crippen LogP) is 4.72. The van der Waals surface area contributed by atoms with Crippen molar-refractivity contribution in [3.05, 3.63) is 51.7 Å². The normalized spacial score (nSPS) is 11.1. The van der Waals surface area contributed by atoms with E-state index in [1.165, 1.54) is 17.0 Å². The minimum absolute atomic E-state index is 0.283. The second-order valence-corrected chi connectivity index (χ2v) is 6.79. The van der Waals surface area contributed by atoms with E-state index < -0.39 is 0 Å². The fourth-order valence-electron chi connectivity index (χ4n) is 2.56. The van der Waals surface area contributed by atoms with Crippen molar-refractivity contribution in [1.82, 2.24) is 0 Å². The molecule has 1 N–H and O–H groups in total. The molecule has 24 heavy (non-hydrogen) atoms. The van der Waals surface area contributed by atoms with Gasteiger partial charge in [0.15, 0.2) is 6.29 Å². The molecule has 0 aliphatic carbocycles. The van der Waals surface area contributed by atoms with Crippen LogP contribution < -0.4 is 4.90 Å². The number of benzene rings is 1. The van der Waals surface area contributed by atoms with Crippen LogP contribution in [0, 0.1) is 0 Å². The maximum absolute atomic E-state index is 10.7. The lowest BCUT2D eigenvalue weighted by molar-refractivity contribution is 0.112. The van der Waals surface area contributed by atoms with E-state index in [1.54, 1.807) is 0 Å². The Balaban J connectivity index is 1.94. The first-order chi connectivity index (χ1) is 11.8. The van der Waals surface area contributed by atoms with Gasteiger partial charge in [-0.05, 0) is 62.1 Å². The highest BCUT2D eigenvalue weighted by molar-refractivity contribution is 7.14. The van der Waals surface area contributed by atoms with Crippen molar-refractivity contribution in [3.8, 4) is 0 Å². The molecule has 1 aromatic heterocycles. The Morgan fingerprint density at radius 2 is 1.75 bits per heavy atom. The van der Waals surface area contributed by atoms with E-state index in [0.29, 0.717) is 0 Å². The van der Waals surface area contributed by atoms with Crippen LogP contribution in [-0.2, 0) is 0 Å². The standard InChI is InChI=1S/C20H25NO2S/c1-2-21(14-4-3-5-15-22)18-9-6-17(7-10-18)8-11-19-12-13-20(16-23)24-19/h6-13,16,22H,2-5,14-15H2,1H3/b11-8+. The van der Waals surface area contributed by atoms with Gasteiger partial charge in [-0.2, -0.15) is 0 Å². The zero-order chi connectivity index (χ0) is 17.2. The number of carbonyl (C=O) groups is 1. The molecule has 0 unspecified atom stereocenters. The number of hydrogen-bond donors (Lipinski definition) is 1. The van der Waals surface area contributed by atoms with Gasteiger partial charge in [0.05, 0.1) is 4.88 Å². The van der Waals surface area contributed by atoms with E-state index in [2.05, 4.69) is 42.2 Å². The number of carbonyl (C=O) groups excluding carboxylic acids is 1. The van der Waals surface area contributed by atoms with Crippen LogP contribution in [0.15, 0.2) is 36.4 Å². The van der Waals surface area contributed by atoms with E-state index in [1.807, 2.05) is 18.2 Å². The summed E-state index contributed by atoms with van der Waals surface area (Å²) in [6.45, 7) is 4.46. The highest BCUT2D eigenvalue weighted by Crippen LogP contribution is 2.20. The summed E-state index contributed by atoms with van der Waals surface area (Å²) in [5.41, 5.74) is 2.38. The molecule has 0 aliphatic rings. The highest BCUT2D eigenvalue weighted by atomic mass is 32.1. The summed E-state index contributed by atoms with van der Waals surface area (Å²) in [7, 11) is 0. The van der Waals surface area contributed by atoms with Crippen molar-refractivity contribution in [2.45, 2.75) is 26.2 Å². The summed E-state index contributed by atoms with van der Waals surface area (Å²) >= 11 is 1.50. The van der Waals surface area contributed by atoms with Crippen LogP contribution in [-0.4, -0.2) is 31.1 Å². The molecule has 4 heteroatoms. The van der Waals surface area contributed by atoms with Crippen molar-refractivity contribution in [1.29, 1.82) is 0 Å². The summed E-state index contributed by atoms with van der Waals surface area (Å²) < 4.78 is 0. The van der Waals surface area contributed by atoms with E-state index in [-0.39, 0.29) is 6.61 Å². The minimum Gasteiger partial charge on any atom is -0.396 e. The van der Waals surface area contributed by atoms with Crippen LogP contribution in [0.5, 0.6) is 0 Å². The molecule has 0 aliphatic heterocycles. The number of aldehydes is 1. The molecule has 0 atom stereocenters. The molecule has 2 aromatic rings. The average molecular weight is 343 g/mol. The first-order valence-electron chi connectivity index (χ1n) is 8.45. The largest absolute Gasteiger partial charge is 0.396 e. The third-order valence-electron chi connectivity index (χ3n) is 3.93. The van der Waals surface area contributed by atoms with Crippen molar-refractivity contribution in [2.75, 3.05) is 24.6 Å². The summed E-state index contributed by atoms with van der Waals surface area (Å²) in [6, 6.07) is 12.4. The Kier molecular flexibility index (Phi) is 7.72. The summed E-state index contributed by atoms with van der Waals surface area (Å²) in [5.74, 6) is 0. The molecule has 1 aromatic carbocycles. The van der Waals surface area contributed by atoms with Gasteiger partial charge in [-0.15, -0.1) is 11.3 Å². The third kappa shape index (κ3) is 5.62. The van der Waals surface area contributed by atoms with Gasteiger partial charge in [0.1, 0.15) is 0 Å². The van der Waals surface area contributed by atoms with E-state index in [9.17, 15) is 4.79 Å². The van der Waals surface area contributed by atoms with Gasteiger partial charge >= 0.3 is 0 Å². The number of rotatable bonds is 10. The number of unbranched alkanes of at least 4 members (excludes halogenated alkanes) is 2. The molecular formula is C20H25NO2S. The van der Waals surface area contributed by atoms with Gasteiger partial charge in [0.2, 0.25) is 0 Å². The monoisotopic (exact) mass is 343 g/mol. The molecule has 0 spiro atoms. The van der Waals surface area contributed by atoms with Crippen molar-refractivity contribution < 1.29 is 9.90 Å². The van der Waals surface area contributed by atoms with Crippen LogP contribution in [0.2, 0.25) is 0 Å². The molecule has 3 nitrogen and oxygen atoms in total. The zero-order valence-electron chi connectivity index (χ0n) is 14.1.